The van der Waals surface area contributed by atoms with Crippen LogP contribution in [0.15, 0.2) is 29.3 Å². The van der Waals surface area contributed by atoms with Crippen molar-refractivity contribution in [3.05, 3.63) is 35.4 Å². The minimum atomic E-state index is -3.36. The molecule has 0 spiro atoms. The fourth-order valence-electron chi connectivity index (χ4n) is 3.02. The molecule has 6 nitrogen and oxygen atoms in total. The van der Waals surface area contributed by atoms with E-state index >= 15 is 0 Å². The molecular formula is C18H31IN4O2S. The number of aliphatic imine (C=N–C) groups is 1. The van der Waals surface area contributed by atoms with Crippen molar-refractivity contribution in [2.24, 2.45) is 10.7 Å². The predicted octanol–water partition coefficient (Wildman–Crippen LogP) is 2.82. The monoisotopic (exact) mass is 494 g/mol. The van der Waals surface area contributed by atoms with Crippen molar-refractivity contribution >= 4 is 40.0 Å². The first-order chi connectivity index (χ1) is 11.9. The number of hydrogen-bond donors (Lipinski definition) is 2. The third-order valence-electron chi connectivity index (χ3n) is 4.22. The van der Waals surface area contributed by atoms with E-state index in [2.05, 4.69) is 14.6 Å². The molecule has 26 heavy (non-hydrogen) atoms. The van der Waals surface area contributed by atoms with Crippen LogP contribution in [-0.2, 0) is 22.3 Å². The van der Waals surface area contributed by atoms with Crippen LogP contribution < -0.4 is 10.5 Å². The van der Waals surface area contributed by atoms with Gasteiger partial charge in [-0.3, -0.25) is 0 Å². The van der Waals surface area contributed by atoms with Gasteiger partial charge in [0.05, 0.1) is 12.3 Å². The average molecular weight is 494 g/mol. The summed E-state index contributed by atoms with van der Waals surface area (Å²) < 4.78 is 27.0. The zero-order valence-electron chi connectivity index (χ0n) is 15.6. The molecule has 1 saturated heterocycles. The van der Waals surface area contributed by atoms with E-state index < -0.39 is 10.0 Å². The van der Waals surface area contributed by atoms with Crippen LogP contribution in [0.1, 0.15) is 50.7 Å². The summed E-state index contributed by atoms with van der Waals surface area (Å²) in [5, 5.41) is 0. The van der Waals surface area contributed by atoms with Crippen molar-refractivity contribution in [3.63, 3.8) is 0 Å². The Kier molecular flexibility index (Phi) is 9.88. The number of guanidine groups is 1. The standard InChI is InChI=1S/C18H30N4O2S.HI/c1-15(2)21-25(23,24)14-17-10-6-5-9-16(17)13-20-18(19)22-11-7-3-4-8-12-22;/h5-6,9-10,15,21H,3-4,7-8,11-14H2,1-2H3,(H2,19,20);1H. The summed E-state index contributed by atoms with van der Waals surface area (Å²) in [6.07, 6.45) is 4.78. The highest BCUT2D eigenvalue weighted by Crippen LogP contribution is 2.14. The van der Waals surface area contributed by atoms with Gasteiger partial charge in [-0.25, -0.2) is 18.1 Å². The Hall–Kier alpha value is -0.870. The molecule has 0 atom stereocenters. The van der Waals surface area contributed by atoms with Crippen molar-refractivity contribution in [3.8, 4) is 0 Å². The Morgan fingerprint density at radius 3 is 2.31 bits per heavy atom. The van der Waals surface area contributed by atoms with Gasteiger partial charge in [0.2, 0.25) is 10.0 Å². The Bertz CT molecular complexity index is 684. The number of nitrogens with zero attached hydrogens (tertiary/aromatic N) is 2. The van der Waals surface area contributed by atoms with Crippen LogP contribution in [0, 0.1) is 0 Å². The Morgan fingerprint density at radius 2 is 1.73 bits per heavy atom. The van der Waals surface area contributed by atoms with Crippen LogP contribution >= 0.6 is 24.0 Å². The van der Waals surface area contributed by atoms with Crippen molar-refractivity contribution in [2.45, 2.75) is 57.9 Å². The second-order valence-corrected chi connectivity index (χ2v) is 8.63. The quantitative estimate of drug-likeness (QED) is 0.362. The van der Waals surface area contributed by atoms with Crippen LogP contribution in [0.3, 0.4) is 0 Å². The highest BCUT2D eigenvalue weighted by atomic mass is 127. The minimum Gasteiger partial charge on any atom is -0.370 e. The van der Waals surface area contributed by atoms with Crippen LogP contribution in [0.4, 0.5) is 0 Å². The molecule has 148 valence electrons. The van der Waals surface area contributed by atoms with Gasteiger partial charge in [-0.2, -0.15) is 0 Å². The van der Waals surface area contributed by atoms with E-state index in [9.17, 15) is 8.42 Å². The molecule has 8 heteroatoms. The number of benzene rings is 1. The van der Waals surface area contributed by atoms with E-state index in [1.54, 1.807) is 0 Å². The normalized spacial score (nSPS) is 16.3. The minimum absolute atomic E-state index is 0. The van der Waals surface area contributed by atoms with Crippen molar-refractivity contribution < 1.29 is 8.42 Å². The number of sulfonamides is 1. The third-order valence-corrected chi connectivity index (χ3v) is 5.74. The lowest BCUT2D eigenvalue weighted by Crippen LogP contribution is -2.38. The lowest BCUT2D eigenvalue weighted by Gasteiger charge is -2.21. The van der Waals surface area contributed by atoms with Gasteiger partial charge in [-0.15, -0.1) is 24.0 Å². The molecule has 0 unspecified atom stereocenters. The summed E-state index contributed by atoms with van der Waals surface area (Å²) in [5.74, 6) is 0.514. The summed E-state index contributed by atoms with van der Waals surface area (Å²) in [6.45, 7) is 5.92. The molecule has 0 aliphatic carbocycles. The molecule has 0 bridgehead atoms. The highest BCUT2D eigenvalue weighted by Gasteiger charge is 2.16. The summed E-state index contributed by atoms with van der Waals surface area (Å²) in [4.78, 5) is 6.65. The average Bonchev–Trinajstić information content (AvgIpc) is 2.81. The molecule has 1 fully saturated rings. The van der Waals surface area contributed by atoms with Crippen molar-refractivity contribution in [1.82, 2.24) is 9.62 Å². The Morgan fingerprint density at radius 1 is 1.15 bits per heavy atom. The molecule has 1 aromatic carbocycles. The van der Waals surface area contributed by atoms with Gasteiger partial charge in [0, 0.05) is 19.1 Å². The summed E-state index contributed by atoms with van der Waals surface area (Å²) in [7, 11) is -3.36. The molecule has 0 radical (unpaired) electrons. The smallest absolute Gasteiger partial charge is 0.216 e. The SMILES string of the molecule is CC(C)NS(=O)(=O)Cc1ccccc1CN=C(N)N1CCCCCC1.I. The third kappa shape index (κ3) is 7.79. The number of nitrogens with two attached hydrogens (primary N) is 1. The Balaban J connectivity index is 0.00000338. The van der Waals surface area contributed by atoms with E-state index in [0.29, 0.717) is 12.5 Å². The zero-order chi connectivity index (χ0) is 18.3. The summed E-state index contributed by atoms with van der Waals surface area (Å²) in [6, 6.07) is 7.39. The topological polar surface area (TPSA) is 87.8 Å². The van der Waals surface area contributed by atoms with E-state index in [-0.39, 0.29) is 35.8 Å². The molecular weight excluding hydrogens is 463 g/mol. The highest BCUT2D eigenvalue weighted by molar-refractivity contribution is 14.0. The molecule has 0 amide bonds. The van der Waals surface area contributed by atoms with Gasteiger partial charge in [-0.05, 0) is 37.8 Å². The maximum absolute atomic E-state index is 12.2. The molecule has 1 aliphatic rings. The lowest BCUT2D eigenvalue weighted by molar-refractivity contribution is 0.428. The predicted molar refractivity (Wildman–Crippen MR) is 118 cm³/mol. The Labute approximate surface area is 174 Å². The number of likely N-dealkylation sites (tertiary alicyclic amines) is 1. The fraction of sp³-hybridized carbons (Fsp3) is 0.611. The first-order valence-electron chi connectivity index (χ1n) is 8.99. The fourth-order valence-corrected chi connectivity index (χ4v) is 4.52. The first-order valence-corrected chi connectivity index (χ1v) is 10.6. The molecule has 0 saturated carbocycles. The van der Waals surface area contributed by atoms with Crippen LogP contribution in [-0.4, -0.2) is 38.4 Å². The molecule has 1 aromatic rings. The molecule has 1 aliphatic heterocycles. The number of rotatable bonds is 6. The molecule has 1 heterocycles. The number of nitrogens with one attached hydrogen (secondary N) is 1. The number of hydrogen-bond acceptors (Lipinski definition) is 3. The van der Waals surface area contributed by atoms with Gasteiger partial charge in [0.25, 0.3) is 0 Å². The maximum atomic E-state index is 12.2. The van der Waals surface area contributed by atoms with Gasteiger partial charge in [-0.1, -0.05) is 37.1 Å². The number of halogens is 1. The van der Waals surface area contributed by atoms with Gasteiger partial charge in [0.15, 0.2) is 5.96 Å². The van der Waals surface area contributed by atoms with E-state index in [4.69, 9.17) is 5.73 Å². The van der Waals surface area contributed by atoms with E-state index in [1.807, 2.05) is 38.1 Å². The zero-order valence-corrected chi connectivity index (χ0v) is 18.8. The van der Waals surface area contributed by atoms with E-state index in [1.165, 1.54) is 12.8 Å². The van der Waals surface area contributed by atoms with Gasteiger partial charge in [0.1, 0.15) is 0 Å². The largest absolute Gasteiger partial charge is 0.370 e. The summed E-state index contributed by atoms with van der Waals surface area (Å²) >= 11 is 0. The van der Waals surface area contributed by atoms with Gasteiger partial charge < -0.3 is 10.6 Å². The van der Waals surface area contributed by atoms with Gasteiger partial charge >= 0.3 is 0 Å². The lowest BCUT2D eigenvalue weighted by atomic mass is 10.1. The van der Waals surface area contributed by atoms with E-state index in [0.717, 1.165) is 37.1 Å². The van der Waals surface area contributed by atoms with Crippen molar-refractivity contribution in [2.75, 3.05) is 13.1 Å². The molecule has 0 aromatic heterocycles. The second-order valence-electron chi connectivity index (χ2n) is 6.88. The maximum Gasteiger partial charge on any atom is 0.216 e. The van der Waals surface area contributed by atoms with Crippen LogP contribution in [0.25, 0.3) is 0 Å². The first kappa shape index (κ1) is 23.2. The molecule has 2 rings (SSSR count). The molecule has 3 N–H and O–H groups in total. The van der Waals surface area contributed by atoms with Crippen LogP contribution in [0.2, 0.25) is 0 Å². The van der Waals surface area contributed by atoms with Crippen molar-refractivity contribution in [1.29, 1.82) is 0 Å². The second kappa shape index (κ2) is 11.1. The summed E-state index contributed by atoms with van der Waals surface area (Å²) in [5.41, 5.74) is 7.82. The van der Waals surface area contributed by atoms with Crippen LogP contribution in [0.5, 0.6) is 0 Å².